The minimum absolute atomic E-state index is 0.0688. The second-order valence-electron chi connectivity index (χ2n) is 4.51. The lowest BCUT2D eigenvalue weighted by atomic mass is 10.1. The molecule has 5 heteroatoms. The zero-order valence-corrected chi connectivity index (χ0v) is 10.8. The van der Waals surface area contributed by atoms with Crippen molar-refractivity contribution in [2.24, 2.45) is 0 Å². The summed E-state index contributed by atoms with van der Waals surface area (Å²) in [5.74, 6) is -0.431. The molecule has 0 aromatic heterocycles. The molecule has 0 aliphatic heterocycles. The van der Waals surface area contributed by atoms with Crippen molar-refractivity contribution >= 4 is 23.4 Å². The van der Waals surface area contributed by atoms with Crippen LogP contribution in [0.15, 0.2) is 0 Å². The maximum absolute atomic E-state index is 11.7. The van der Waals surface area contributed by atoms with E-state index in [-0.39, 0.29) is 29.8 Å². The Morgan fingerprint density at radius 3 is 1.93 bits per heavy atom. The average Bonchev–Trinajstić information content (AvgIpc) is 2.13. The van der Waals surface area contributed by atoms with E-state index in [1.807, 2.05) is 20.8 Å². The van der Waals surface area contributed by atoms with Crippen LogP contribution in [-0.2, 0) is 9.59 Å². The van der Waals surface area contributed by atoms with Crippen molar-refractivity contribution in [3.63, 3.8) is 0 Å². The molecule has 0 fully saturated rings. The van der Waals surface area contributed by atoms with Crippen LogP contribution in [0.5, 0.6) is 0 Å². The molecule has 0 unspecified atom stereocenters. The van der Waals surface area contributed by atoms with Crippen molar-refractivity contribution in [3.8, 4) is 0 Å². The van der Waals surface area contributed by atoms with E-state index in [0.29, 0.717) is 0 Å². The molecule has 88 valence electrons. The number of hydrogen-bond acceptors (Lipinski definition) is 2. The van der Waals surface area contributed by atoms with Gasteiger partial charge in [0.25, 0.3) is 0 Å². The first kappa shape index (κ1) is 14.2. The number of halogens is 1. The Balaban J connectivity index is 4.32. The number of carbonyl (C=O) groups is 2. The fourth-order valence-electron chi connectivity index (χ4n) is 0.873. The Hall–Kier alpha value is -0.770. The molecule has 4 nitrogen and oxygen atoms in total. The van der Waals surface area contributed by atoms with Crippen molar-refractivity contribution in [2.45, 2.75) is 26.3 Å². The maximum Gasteiger partial charge on any atom is 0.242 e. The molecule has 0 aromatic carbocycles. The fraction of sp³-hybridized carbons (Fsp3) is 0.800. The first-order chi connectivity index (χ1) is 6.70. The van der Waals surface area contributed by atoms with Crippen LogP contribution < -0.4 is 0 Å². The Labute approximate surface area is 96.2 Å². The van der Waals surface area contributed by atoms with Gasteiger partial charge >= 0.3 is 0 Å². The summed E-state index contributed by atoms with van der Waals surface area (Å²) < 4.78 is 0. The van der Waals surface area contributed by atoms with Gasteiger partial charge in [0.1, 0.15) is 5.88 Å². The van der Waals surface area contributed by atoms with E-state index in [1.165, 1.54) is 4.90 Å². The fourth-order valence-corrected chi connectivity index (χ4v) is 1.08. The highest BCUT2D eigenvalue weighted by Gasteiger charge is 2.23. The van der Waals surface area contributed by atoms with Crippen LogP contribution in [0, 0.1) is 0 Å². The zero-order chi connectivity index (χ0) is 12.2. The minimum Gasteiger partial charge on any atom is -0.339 e. The maximum atomic E-state index is 11.7. The van der Waals surface area contributed by atoms with Crippen LogP contribution in [0.3, 0.4) is 0 Å². The van der Waals surface area contributed by atoms with Gasteiger partial charge in [-0.15, -0.1) is 11.6 Å². The van der Waals surface area contributed by atoms with Crippen LogP contribution in [-0.4, -0.2) is 53.7 Å². The normalized spacial score (nSPS) is 11.1. The van der Waals surface area contributed by atoms with Gasteiger partial charge in [0.15, 0.2) is 0 Å². The number of amides is 2. The van der Waals surface area contributed by atoms with Crippen LogP contribution in [0.1, 0.15) is 20.8 Å². The molecule has 0 saturated carbocycles. The zero-order valence-electron chi connectivity index (χ0n) is 10.0. The third-order valence-electron chi connectivity index (χ3n) is 2.29. The Morgan fingerprint density at radius 2 is 1.60 bits per heavy atom. The smallest absolute Gasteiger partial charge is 0.242 e. The van der Waals surface area contributed by atoms with Gasteiger partial charge in [-0.25, -0.2) is 0 Å². The van der Waals surface area contributed by atoms with Crippen LogP contribution >= 0.6 is 11.6 Å². The van der Waals surface area contributed by atoms with Gasteiger partial charge in [0, 0.05) is 19.6 Å². The lowest BCUT2D eigenvalue weighted by Gasteiger charge is -2.33. The van der Waals surface area contributed by atoms with E-state index in [4.69, 9.17) is 11.6 Å². The van der Waals surface area contributed by atoms with Gasteiger partial charge in [0.05, 0.1) is 6.54 Å². The Kier molecular flexibility index (Phi) is 5.08. The highest BCUT2D eigenvalue weighted by molar-refractivity contribution is 6.27. The number of alkyl halides is 1. The van der Waals surface area contributed by atoms with E-state index >= 15 is 0 Å². The predicted molar refractivity (Wildman–Crippen MR) is 60.9 cm³/mol. The molecule has 15 heavy (non-hydrogen) atoms. The molecule has 0 aromatic rings. The lowest BCUT2D eigenvalue weighted by molar-refractivity contribution is -0.140. The van der Waals surface area contributed by atoms with Gasteiger partial charge in [0.2, 0.25) is 11.8 Å². The number of nitrogens with zero attached hydrogens (tertiary/aromatic N) is 2. The Bertz CT molecular complexity index is 248. The summed E-state index contributed by atoms with van der Waals surface area (Å²) in [7, 11) is 3.29. The second kappa shape index (κ2) is 5.35. The van der Waals surface area contributed by atoms with Gasteiger partial charge in [-0.2, -0.15) is 0 Å². The van der Waals surface area contributed by atoms with E-state index in [2.05, 4.69) is 0 Å². The molecular formula is C10H19ClN2O2. The molecule has 0 atom stereocenters. The molecular weight excluding hydrogens is 216 g/mol. The number of hydrogen-bond donors (Lipinski definition) is 0. The predicted octanol–water partition coefficient (Wildman–Crippen LogP) is 0.940. The Morgan fingerprint density at radius 1 is 1.13 bits per heavy atom. The van der Waals surface area contributed by atoms with Crippen molar-refractivity contribution in [3.05, 3.63) is 0 Å². The average molecular weight is 235 g/mol. The summed E-state index contributed by atoms with van der Waals surface area (Å²) in [5.41, 5.74) is -0.234. The highest BCUT2D eigenvalue weighted by Crippen LogP contribution is 2.10. The molecule has 0 bridgehead atoms. The topological polar surface area (TPSA) is 40.6 Å². The quantitative estimate of drug-likeness (QED) is 0.682. The van der Waals surface area contributed by atoms with Crippen LogP contribution in [0.4, 0.5) is 0 Å². The lowest BCUT2D eigenvalue weighted by Crippen LogP contribution is -2.47. The second-order valence-corrected chi connectivity index (χ2v) is 4.77. The summed E-state index contributed by atoms with van der Waals surface area (Å²) in [6, 6.07) is 0. The van der Waals surface area contributed by atoms with Crippen molar-refractivity contribution < 1.29 is 9.59 Å². The largest absolute Gasteiger partial charge is 0.339 e. The van der Waals surface area contributed by atoms with E-state index in [0.717, 1.165) is 0 Å². The molecule has 0 aliphatic carbocycles. The highest BCUT2D eigenvalue weighted by atomic mass is 35.5. The monoisotopic (exact) mass is 234 g/mol. The molecule has 0 heterocycles. The van der Waals surface area contributed by atoms with Crippen LogP contribution in [0.2, 0.25) is 0 Å². The summed E-state index contributed by atoms with van der Waals surface area (Å²) in [5, 5.41) is 0. The number of likely N-dealkylation sites (N-methyl/N-ethyl adjacent to an activating group) is 2. The molecule has 0 aliphatic rings. The summed E-state index contributed by atoms with van der Waals surface area (Å²) >= 11 is 5.38. The summed E-state index contributed by atoms with van der Waals surface area (Å²) in [4.78, 5) is 25.8. The molecule has 0 saturated heterocycles. The first-order valence-electron chi connectivity index (χ1n) is 4.76. The van der Waals surface area contributed by atoms with Crippen LogP contribution in [0.25, 0.3) is 0 Å². The van der Waals surface area contributed by atoms with E-state index < -0.39 is 0 Å². The van der Waals surface area contributed by atoms with Crippen molar-refractivity contribution in [2.75, 3.05) is 26.5 Å². The van der Waals surface area contributed by atoms with Gasteiger partial charge in [-0.1, -0.05) is 0 Å². The molecule has 0 rings (SSSR count). The number of carbonyl (C=O) groups excluding carboxylic acids is 2. The number of rotatable bonds is 3. The molecule has 0 radical (unpaired) electrons. The third kappa shape index (κ3) is 4.51. The SMILES string of the molecule is CN(CC(=O)N(C)C(C)(C)C)C(=O)CCl. The van der Waals surface area contributed by atoms with E-state index in [1.54, 1.807) is 19.0 Å². The van der Waals surface area contributed by atoms with Gasteiger partial charge in [-0.3, -0.25) is 9.59 Å². The van der Waals surface area contributed by atoms with Crippen molar-refractivity contribution in [1.82, 2.24) is 9.80 Å². The first-order valence-corrected chi connectivity index (χ1v) is 5.30. The van der Waals surface area contributed by atoms with Gasteiger partial charge < -0.3 is 9.80 Å². The van der Waals surface area contributed by atoms with Gasteiger partial charge in [-0.05, 0) is 20.8 Å². The summed E-state index contributed by atoms with van der Waals surface area (Å²) in [6.07, 6.45) is 0. The van der Waals surface area contributed by atoms with E-state index in [9.17, 15) is 9.59 Å². The molecule has 2 amide bonds. The molecule has 0 spiro atoms. The minimum atomic E-state index is -0.243. The van der Waals surface area contributed by atoms with Crippen molar-refractivity contribution in [1.29, 1.82) is 0 Å². The third-order valence-corrected chi connectivity index (χ3v) is 2.52. The summed E-state index contributed by atoms with van der Waals surface area (Å²) in [6.45, 7) is 5.89. The molecule has 0 N–H and O–H groups in total. The standard InChI is InChI=1S/C10H19ClN2O2/c1-10(2,3)13(5)9(15)7-12(4)8(14)6-11/h6-7H2,1-5H3.